The minimum atomic E-state index is -0.507. The van der Waals surface area contributed by atoms with Crippen LogP contribution in [0.3, 0.4) is 0 Å². The van der Waals surface area contributed by atoms with Gasteiger partial charge in [0, 0.05) is 17.9 Å². The Hall–Kier alpha value is -3.39. The number of allylic oxidation sites excluding steroid dienone is 8. The molecule has 0 aromatic heterocycles. The Kier molecular flexibility index (Phi) is 9.46. The summed E-state index contributed by atoms with van der Waals surface area (Å²) in [6, 6.07) is 0.237. The van der Waals surface area contributed by atoms with Crippen molar-refractivity contribution in [3.63, 3.8) is 0 Å². The predicted molar refractivity (Wildman–Crippen MR) is 144 cm³/mol. The molecule has 5 nitrogen and oxygen atoms in total. The minimum Gasteiger partial charge on any atom is -0.380 e. The van der Waals surface area contributed by atoms with Gasteiger partial charge in [-0.2, -0.15) is 0 Å². The Morgan fingerprint density at radius 3 is 2.62 bits per heavy atom. The highest BCUT2D eigenvalue weighted by molar-refractivity contribution is 5.97. The third-order valence-corrected chi connectivity index (χ3v) is 6.13. The van der Waals surface area contributed by atoms with Crippen LogP contribution in [-0.4, -0.2) is 35.4 Å². The second kappa shape index (κ2) is 12.7. The van der Waals surface area contributed by atoms with Crippen LogP contribution in [0.1, 0.15) is 46.0 Å². The van der Waals surface area contributed by atoms with Crippen molar-refractivity contribution in [2.75, 3.05) is 6.54 Å². The van der Waals surface area contributed by atoms with Gasteiger partial charge < -0.3 is 10.2 Å². The van der Waals surface area contributed by atoms with Gasteiger partial charge in [0.05, 0.1) is 24.5 Å². The van der Waals surface area contributed by atoms with Crippen molar-refractivity contribution in [1.29, 1.82) is 10.8 Å². The second-order valence-electron chi connectivity index (χ2n) is 8.97. The molecule has 0 aromatic carbocycles. The van der Waals surface area contributed by atoms with E-state index in [-0.39, 0.29) is 11.9 Å². The quantitative estimate of drug-likeness (QED) is 0.151. The number of amidine groups is 1. The SMILES string of the molecule is C#CC(/C=C(\C=C/C)NCC(/C=C/C1C=CC(C2CC2)=CC1)=N/C=C\C)C(=N)N(C=N)C1CC1. The number of nitrogens with zero attached hydrogens (tertiary/aromatic N) is 2. The van der Waals surface area contributed by atoms with Crippen LogP contribution in [0.15, 0.2) is 77.1 Å². The zero-order chi connectivity index (χ0) is 24.3. The van der Waals surface area contributed by atoms with Crippen LogP contribution in [0, 0.1) is 40.9 Å². The Morgan fingerprint density at radius 2 is 2.06 bits per heavy atom. The predicted octanol–water partition coefficient (Wildman–Crippen LogP) is 5.78. The molecule has 0 radical (unpaired) electrons. The highest BCUT2D eigenvalue weighted by atomic mass is 15.2. The lowest BCUT2D eigenvalue weighted by Crippen LogP contribution is -2.35. The average molecular weight is 456 g/mol. The summed E-state index contributed by atoms with van der Waals surface area (Å²) in [4.78, 5) is 6.27. The fourth-order valence-corrected chi connectivity index (χ4v) is 3.88. The molecular weight excluding hydrogens is 418 g/mol. The van der Waals surface area contributed by atoms with Crippen molar-refractivity contribution in [1.82, 2.24) is 10.2 Å². The molecule has 2 unspecified atom stereocenters. The van der Waals surface area contributed by atoms with E-state index in [1.54, 1.807) is 11.1 Å². The normalized spacial score (nSPS) is 22.1. The third kappa shape index (κ3) is 7.59. The maximum Gasteiger partial charge on any atom is 0.121 e. The molecule has 3 aliphatic carbocycles. The van der Waals surface area contributed by atoms with Gasteiger partial charge in [0.25, 0.3) is 0 Å². The number of rotatable bonds is 12. The zero-order valence-corrected chi connectivity index (χ0v) is 20.4. The molecule has 2 atom stereocenters. The lowest BCUT2D eigenvalue weighted by Gasteiger charge is -2.22. The Labute approximate surface area is 204 Å². The monoisotopic (exact) mass is 455 g/mol. The van der Waals surface area contributed by atoms with Gasteiger partial charge in [-0.15, -0.1) is 6.42 Å². The number of terminal acetylenes is 1. The number of nitrogens with one attached hydrogen (secondary N) is 3. The lowest BCUT2D eigenvalue weighted by atomic mass is 9.94. The second-order valence-corrected chi connectivity index (χ2v) is 8.97. The molecule has 0 aromatic rings. The van der Waals surface area contributed by atoms with E-state index < -0.39 is 5.92 Å². The van der Waals surface area contributed by atoms with Crippen molar-refractivity contribution in [2.24, 2.45) is 22.7 Å². The maximum absolute atomic E-state index is 8.51. The van der Waals surface area contributed by atoms with Gasteiger partial charge in [0.1, 0.15) is 5.84 Å². The average Bonchev–Trinajstić information content (AvgIpc) is 3.76. The maximum atomic E-state index is 8.51. The van der Waals surface area contributed by atoms with E-state index in [0.717, 1.165) is 36.6 Å². The Bertz CT molecular complexity index is 990. The van der Waals surface area contributed by atoms with Crippen LogP contribution in [0.2, 0.25) is 0 Å². The van der Waals surface area contributed by atoms with Crippen molar-refractivity contribution in [3.8, 4) is 12.3 Å². The van der Waals surface area contributed by atoms with Crippen LogP contribution >= 0.6 is 0 Å². The molecule has 34 heavy (non-hydrogen) atoms. The summed E-state index contributed by atoms with van der Waals surface area (Å²) < 4.78 is 0. The van der Waals surface area contributed by atoms with Crippen molar-refractivity contribution in [3.05, 3.63) is 72.2 Å². The largest absolute Gasteiger partial charge is 0.380 e. The van der Waals surface area contributed by atoms with Crippen LogP contribution in [0.25, 0.3) is 0 Å². The van der Waals surface area contributed by atoms with E-state index in [4.69, 9.17) is 17.2 Å². The fraction of sp³-hybridized carbons (Fsp3) is 0.414. The Morgan fingerprint density at radius 1 is 1.26 bits per heavy atom. The van der Waals surface area contributed by atoms with Gasteiger partial charge in [0.2, 0.25) is 0 Å². The molecule has 0 spiro atoms. The van der Waals surface area contributed by atoms with E-state index in [0.29, 0.717) is 12.5 Å². The fourth-order valence-electron chi connectivity index (χ4n) is 3.88. The van der Waals surface area contributed by atoms with Crippen LogP contribution in [0.4, 0.5) is 0 Å². The molecule has 0 amide bonds. The van der Waals surface area contributed by atoms with E-state index in [2.05, 4.69) is 46.6 Å². The topological polar surface area (TPSA) is 75.3 Å². The van der Waals surface area contributed by atoms with Gasteiger partial charge in [-0.1, -0.05) is 42.4 Å². The minimum absolute atomic E-state index is 0.237. The highest BCUT2D eigenvalue weighted by Gasteiger charge is 2.31. The van der Waals surface area contributed by atoms with E-state index >= 15 is 0 Å². The molecule has 0 saturated heterocycles. The molecule has 3 rings (SSSR count). The van der Waals surface area contributed by atoms with Crippen molar-refractivity contribution < 1.29 is 0 Å². The molecule has 178 valence electrons. The summed E-state index contributed by atoms with van der Waals surface area (Å²) in [5.74, 6) is 3.67. The third-order valence-electron chi connectivity index (χ3n) is 6.13. The summed E-state index contributed by atoms with van der Waals surface area (Å²) in [5, 5.41) is 19.6. The first-order valence-corrected chi connectivity index (χ1v) is 12.3. The molecular formula is C29H37N5. The van der Waals surface area contributed by atoms with Gasteiger partial charge in [0.15, 0.2) is 0 Å². The van der Waals surface area contributed by atoms with Crippen molar-refractivity contribution >= 4 is 17.9 Å². The standard InChI is InChI=1S/C29H37N5/c1-4-7-26(19-23(6-3)29(31)34(21-30)28-16-17-28)33-20-27(32-18-5-2)15-10-22-8-11-24(12-9-22)25-13-14-25/h3-5,7-8,10-12,15,18-19,21-23,25,28,30-31,33H,9,13-14,16-17,20H2,1-2H3/b7-4-,15-10+,18-5-,26-19+,30-21?,31-29?,32-27+. The zero-order valence-electron chi connectivity index (χ0n) is 20.4. The van der Waals surface area contributed by atoms with Gasteiger partial charge >= 0.3 is 0 Å². The van der Waals surface area contributed by atoms with Crippen molar-refractivity contribution in [2.45, 2.75) is 52.0 Å². The number of hydrogen-bond acceptors (Lipinski definition) is 4. The van der Waals surface area contributed by atoms with Crippen LogP contribution in [0.5, 0.6) is 0 Å². The van der Waals surface area contributed by atoms with Gasteiger partial charge in [-0.05, 0) is 81.6 Å². The Balaban J connectivity index is 1.65. The molecule has 0 heterocycles. The highest BCUT2D eigenvalue weighted by Crippen LogP contribution is 2.39. The first kappa shape index (κ1) is 25.2. The summed E-state index contributed by atoms with van der Waals surface area (Å²) >= 11 is 0. The van der Waals surface area contributed by atoms with Gasteiger partial charge in [-0.25, -0.2) is 0 Å². The van der Waals surface area contributed by atoms with Crippen LogP contribution < -0.4 is 5.32 Å². The lowest BCUT2D eigenvalue weighted by molar-refractivity contribution is 0.586. The molecule has 0 bridgehead atoms. The smallest absolute Gasteiger partial charge is 0.121 e. The molecule has 3 aliphatic rings. The van der Waals surface area contributed by atoms with Gasteiger partial charge in [-0.3, -0.25) is 15.8 Å². The van der Waals surface area contributed by atoms with E-state index in [9.17, 15) is 0 Å². The summed E-state index contributed by atoms with van der Waals surface area (Å²) in [7, 11) is 0. The summed E-state index contributed by atoms with van der Waals surface area (Å²) in [6.45, 7) is 4.45. The first-order chi connectivity index (χ1) is 16.6. The van der Waals surface area contributed by atoms with E-state index in [1.165, 1.54) is 24.8 Å². The molecule has 2 saturated carbocycles. The molecule has 2 fully saturated rings. The molecule has 3 N–H and O–H groups in total. The number of hydrogen-bond donors (Lipinski definition) is 3. The summed E-state index contributed by atoms with van der Waals surface area (Å²) in [5.41, 5.74) is 3.27. The molecule has 5 heteroatoms. The summed E-state index contributed by atoms with van der Waals surface area (Å²) in [6.07, 6.45) is 33.5. The van der Waals surface area contributed by atoms with E-state index in [1.807, 2.05) is 38.2 Å². The first-order valence-electron chi connectivity index (χ1n) is 12.3. The van der Waals surface area contributed by atoms with Crippen LogP contribution in [-0.2, 0) is 0 Å². The molecule has 0 aliphatic heterocycles. The number of aliphatic imine (C=N–C) groups is 1.